The Morgan fingerprint density at radius 1 is 1.11 bits per heavy atom. The number of aromatic nitrogens is 1. The van der Waals surface area contributed by atoms with Gasteiger partial charge in [-0.3, -0.25) is 9.78 Å². The van der Waals surface area contributed by atoms with Gasteiger partial charge in [-0.05, 0) is 22.8 Å². The minimum absolute atomic E-state index is 0.313. The molecule has 4 N–H and O–H groups in total. The van der Waals surface area contributed by atoms with Crippen molar-refractivity contribution in [1.29, 1.82) is 0 Å². The van der Waals surface area contributed by atoms with Gasteiger partial charge in [-0.1, -0.05) is 30.3 Å². The lowest BCUT2D eigenvalue weighted by molar-refractivity contribution is -0.112. The van der Waals surface area contributed by atoms with Gasteiger partial charge in [0.05, 0.1) is 5.57 Å². The van der Waals surface area contributed by atoms with Crippen LogP contribution in [0.3, 0.4) is 0 Å². The van der Waals surface area contributed by atoms with E-state index in [0.717, 1.165) is 11.1 Å². The lowest BCUT2D eigenvalue weighted by Crippen LogP contribution is -2.14. The van der Waals surface area contributed by atoms with Crippen LogP contribution in [0.4, 0.5) is 0 Å². The number of carbonyl (C=O) groups is 1. The van der Waals surface area contributed by atoms with Crippen molar-refractivity contribution >= 4 is 11.5 Å². The van der Waals surface area contributed by atoms with E-state index in [4.69, 9.17) is 11.5 Å². The second-order valence-corrected chi connectivity index (χ2v) is 3.76. The Morgan fingerprint density at radius 3 is 2.33 bits per heavy atom. The van der Waals surface area contributed by atoms with Crippen molar-refractivity contribution in [1.82, 2.24) is 4.98 Å². The van der Waals surface area contributed by atoms with Gasteiger partial charge in [0, 0.05) is 18.6 Å². The highest BCUT2D eigenvalue weighted by Gasteiger charge is 2.07. The highest BCUT2D eigenvalue weighted by Crippen LogP contribution is 2.21. The summed E-state index contributed by atoms with van der Waals surface area (Å²) in [6.45, 7) is 0. The Bertz CT molecular complexity index is 574. The first-order valence-corrected chi connectivity index (χ1v) is 5.45. The predicted octanol–water partition coefficient (Wildman–Crippen LogP) is 1.53. The lowest BCUT2D eigenvalue weighted by Gasteiger charge is -2.05. The zero-order valence-corrected chi connectivity index (χ0v) is 9.71. The first-order valence-electron chi connectivity index (χ1n) is 5.45. The van der Waals surface area contributed by atoms with E-state index in [1.807, 2.05) is 36.4 Å². The lowest BCUT2D eigenvalue weighted by atomic mass is 10.0. The fourth-order valence-electron chi connectivity index (χ4n) is 1.70. The van der Waals surface area contributed by atoms with E-state index in [-0.39, 0.29) is 0 Å². The largest absolute Gasteiger partial charge is 0.404 e. The highest BCUT2D eigenvalue weighted by atomic mass is 16.1. The summed E-state index contributed by atoms with van der Waals surface area (Å²) in [5, 5.41) is 0. The molecule has 0 saturated carbocycles. The van der Waals surface area contributed by atoms with E-state index in [0.29, 0.717) is 11.1 Å². The zero-order valence-electron chi connectivity index (χ0n) is 9.71. The summed E-state index contributed by atoms with van der Waals surface area (Å²) in [6.07, 6.45) is 4.73. The van der Waals surface area contributed by atoms with Crippen molar-refractivity contribution < 1.29 is 4.79 Å². The Balaban J connectivity index is 2.34. The number of amides is 1. The van der Waals surface area contributed by atoms with Crippen LogP contribution in [-0.2, 0) is 4.79 Å². The number of hydrogen-bond acceptors (Lipinski definition) is 3. The molecule has 0 spiro atoms. The van der Waals surface area contributed by atoms with Crippen molar-refractivity contribution in [3.8, 4) is 11.1 Å². The van der Waals surface area contributed by atoms with Gasteiger partial charge in [-0.15, -0.1) is 0 Å². The standard InChI is InChI=1S/C14H13N3O/c15-8-13(14(16)18)11-5-3-10(4-6-11)12-2-1-7-17-9-12/h1-9H,15H2,(H2,16,18)/b13-8-. The second-order valence-electron chi connectivity index (χ2n) is 3.76. The third-order valence-corrected chi connectivity index (χ3v) is 2.62. The molecular formula is C14H13N3O. The monoisotopic (exact) mass is 239 g/mol. The average molecular weight is 239 g/mol. The summed E-state index contributed by atoms with van der Waals surface area (Å²) in [7, 11) is 0. The van der Waals surface area contributed by atoms with Crippen LogP contribution in [0, 0.1) is 0 Å². The number of nitrogens with two attached hydrogens (primary N) is 2. The molecule has 0 radical (unpaired) electrons. The van der Waals surface area contributed by atoms with Gasteiger partial charge in [-0.2, -0.15) is 0 Å². The normalized spacial score (nSPS) is 11.2. The van der Waals surface area contributed by atoms with Gasteiger partial charge < -0.3 is 11.5 Å². The molecule has 0 fully saturated rings. The van der Waals surface area contributed by atoms with Crippen LogP contribution in [0.2, 0.25) is 0 Å². The molecule has 1 aromatic heterocycles. The highest BCUT2D eigenvalue weighted by molar-refractivity contribution is 6.18. The van der Waals surface area contributed by atoms with Crippen LogP contribution in [0.15, 0.2) is 55.0 Å². The van der Waals surface area contributed by atoms with Gasteiger partial charge in [0.2, 0.25) is 0 Å². The molecule has 0 aliphatic rings. The molecule has 1 aromatic carbocycles. The molecule has 4 nitrogen and oxygen atoms in total. The molecule has 0 aliphatic heterocycles. The average Bonchev–Trinajstić information content (AvgIpc) is 2.41. The van der Waals surface area contributed by atoms with Gasteiger partial charge in [-0.25, -0.2) is 0 Å². The quantitative estimate of drug-likeness (QED) is 0.797. The first-order chi connectivity index (χ1) is 8.72. The van der Waals surface area contributed by atoms with E-state index in [1.54, 1.807) is 12.4 Å². The summed E-state index contributed by atoms with van der Waals surface area (Å²) in [5.41, 5.74) is 13.7. The van der Waals surface area contributed by atoms with E-state index in [2.05, 4.69) is 4.98 Å². The minimum Gasteiger partial charge on any atom is -0.404 e. The van der Waals surface area contributed by atoms with E-state index < -0.39 is 5.91 Å². The maximum atomic E-state index is 11.1. The van der Waals surface area contributed by atoms with Crippen LogP contribution in [-0.4, -0.2) is 10.9 Å². The molecule has 1 amide bonds. The topological polar surface area (TPSA) is 82.0 Å². The molecule has 1 heterocycles. The van der Waals surface area contributed by atoms with Crippen LogP contribution < -0.4 is 11.5 Å². The Kier molecular flexibility index (Phi) is 3.38. The van der Waals surface area contributed by atoms with Gasteiger partial charge >= 0.3 is 0 Å². The molecule has 0 aliphatic carbocycles. The van der Waals surface area contributed by atoms with Crippen molar-refractivity contribution in [3.05, 3.63) is 60.6 Å². The fourth-order valence-corrected chi connectivity index (χ4v) is 1.70. The molecule has 0 saturated heterocycles. The summed E-state index contributed by atoms with van der Waals surface area (Å²) in [6, 6.07) is 11.3. The second kappa shape index (κ2) is 5.14. The molecule has 0 atom stereocenters. The van der Waals surface area contributed by atoms with E-state index >= 15 is 0 Å². The number of pyridine rings is 1. The molecule has 0 unspecified atom stereocenters. The number of rotatable bonds is 3. The smallest absolute Gasteiger partial charge is 0.250 e. The van der Waals surface area contributed by atoms with Crippen LogP contribution >= 0.6 is 0 Å². The molecule has 4 heteroatoms. The number of carbonyl (C=O) groups excluding carboxylic acids is 1. The third-order valence-electron chi connectivity index (χ3n) is 2.62. The molecular weight excluding hydrogens is 226 g/mol. The van der Waals surface area contributed by atoms with Crippen molar-refractivity contribution in [2.75, 3.05) is 0 Å². The number of nitrogens with zero attached hydrogens (tertiary/aromatic N) is 1. The number of primary amides is 1. The summed E-state index contributed by atoms with van der Waals surface area (Å²) in [4.78, 5) is 15.2. The van der Waals surface area contributed by atoms with Crippen molar-refractivity contribution in [3.63, 3.8) is 0 Å². The Hall–Kier alpha value is -2.62. The molecule has 18 heavy (non-hydrogen) atoms. The van der Waals surface area contributed by atoms with Crippen molar-refractivity contribution in [2.24, 2.45) is 11.5 Å². The van der Waals surface area contributed by atoms with Gasteiger partial charge in [0.1, 0.15) is 0 Å². The SMILES string of the molecule is N/C=C(\C(N)=O)c1ccc(-c2cccnc2)cc1. The van der Waals surface area contributed by atoms with Crippen LogP contribution in [0.5, 0.6) is 0 Å². The third kappa shape index (κ3) is 2.38. The van der Waals surface area contributed by atoms with Crippen LogP contribution in [0.25, 0.3) is 16.7 Å². The number of hydrogen-bond donors (Lipinski definition) is 2. The predicted molar refractivity (Wildman–Crippen MR) is 71.0 cm³/mol. The number of benzene rings is 1. The van der Waals surface area contributed by atoms with Crippen LogP contribution in [0.1, 0.15) is 5.56 Å². The van der Waals surface area contributed by atoms with Gasteiger partial charge in [0.25, 0.3) is 5.91 Å². The summed E-state index contributed by atoms with van der Waals surface area (Å²) < 4.78 is 0. The summed E-state index contributed by atoms with van der Waals surface area (Å²) >= 11 is 0. The Morgan fingerprint density at radius 2 is 1.83 bits per heavy atom. The maximum absolute atomic E-state index is 11.1. The first kappa shape index (κ1) is 11.9. The molecule has 2 rings (SSSR count). The van der Waals surface area contributed by atoms with E-state index in [1.165, 1.54) is 6.20 Å². The summed E-state index contributed by atoms with van der Waals surface area (Å²) in [5.74, 6) is -0.536. The minimum atomic E-state index is -0.536. The van der Waals surface area contributed by atoms with Crippen molar-refractivity contribution in [2.45, 2.75) is 0 Å². The van der Waals surface area contributed by atoms with Gasteiger partial charge in [0.15, 0.2) is 0 Å². The molecule has 90 valence electrons. The Labute approximate surface area is 105 Å². The van der Waals surface area contributed by atoms with E-state index in [9.17, 15) is 4.79 Å². The maximum Gasteiger partial charge on any atom is 0.250 e. The molecule has 0 bridgehead atoms. The fraction of sp³-hybridized carbons (Fsp3) is 0. The molecule has 2 aromatic rings. The zero-order chi connectivity index (χ0) is 13.0.